The molecule has 7 nitrogen and oxygen atoms in total. The summed E-state index contributed by atoms with van der Waals surface area (Å²) >= 11 is 0. The number of rotatable bonds is 3. The molecule has 1 saturated heterocycles. The number of carbonyl (C=O) groups excluding carboxylic acids is 1. The Labute approximate surface area is 104 Å². The minimum atomic E-state index is -0.722. The number of aromatic nitrogens is 1. The van der Waals surface area contributed by atoms with Crippen LogP contribution in [0.3, 0.4) is 0 Å². The predicted octanol–water partition coefficient (Wildman–Crippen LogP) is -1.78. The Morgan fingerprint density at radius 2 is 2.11 bits per heavy atom. The highest BCUT2D eigenvalue weighted by atomic mass is 16.3. The van der Waals surface area contributed by atoms with Gasteiger partial charge in [-0.3, -0.25) is 15.1 Å². The second kappa shape index (κ2) is 5.40. The Balaban J connectivity index is 2.04. The monoisotopic (exact) mass is 252 g/mol. The van der Waals surface area contributed by atoms with E-state index in [9.17, 15) is 15.0 Å². The highest BCUT2D eigenvalue weighted by Crippen LogP contribution is 2.13. The molecule has 2 heterocycles. The average Bonchev–Trinajstić information content (AvgIpc) is 2.67. The molecular formula is C11H16N4O3. The molecule has 2 rings (SSSR count). The standard InChI is InChI=1S/C11H16N4O3/c12-14-11(18)8-3-1-2-7(13-8)4-15-5-9(16)10(17)6-15/h1-3,9-10,16-17H,4-6,12H2,(H,14,18). The fourth-order valence-electron chi connectivity index (χ4n) is 1.97. The van der Waals surface area contributed by atoms with Gasteiger partial charge in [0, 0.05) is 19.6 Å². The van der Waals surface area contributed by atoms with Crippen LogP contribution in [0.2, 0.25) is 0 Å². The molecule has 2 atom stereocenters. The molecule has 0 radical (unpaired) electrons. The van der Waals surface area contributed by atoms with Gasteiger partial charge >= 0.3 is 0 Å². The molecule has 18 heavy (non-hydrogen) atoms. The van der Waals surface area contributed by atoms with Crippen LogP contribution in [0.15, 0.2) is 18.2 Å². The Hall–Kier alpha value is -1.54. The molecule has 1 aromatic heterocycles. The number of nitrogens with one attached hydrogen (secondary N) is 1. The molecule has 1 aromatic rings. The van der Waals surface area contributed by atoms with Crippen molar-refractivity contribution >= 4 is 5.91 Å². The molecule has 2 unspecified atom stereocenters. The van der Waals surface area contributed by atoms with Crippen molar-refractivity contribution in [2.75, 3.05) is 13.1 Å². The van der Waals surface area contributed by atoms with Gasteiger partial charge in [0.1, 0.15) is 5.69 Å². The van der Waals surface area contributed by atoms with Crippen molar-refractivity contribution in [2.24, 2.45) is 5.84 Å². The van der Waals surface area contributed by atoms with Gasteiger partial charge in [0.05, 0.1) is 17.9 Å². The fourth-order valence-corrected chi connectivity index (χ4v) is 1.97. The molecule has 1 aliphatic rings. The summed E-state index contributed by atoms with van der Waals surface area (Å²) in [6, 6.07) is 5.07. The van der Waals surface area contributed by atoms with Crippen LogP contribution < -0.4 is 11.3 Å². The van der Waals surface area contributed by atoms with Gasteiger partial charge in [-0.15, -0.1) is 0 Å². The highest BCUT2D eigenvalue weighted by Gasteiger charge is 2.29. The molecule has 0 spiro atoms. The number of carbonyl (C=O) groups is 1. The largest absolute Gasteiger partial charge is 0.389 e. The number of hydrogen-bond acceptors (Lipinski definition) is 6. The Morgan fingerprint density at radius 1 is 1.44 bits per heavy atom. The van der Waals surface area contributed by atoms with Crippen molar-refractivity contribution < 1.29 is 15.0 Å². The van der Waals surface area contributed by atoms with Crippen LogP contribution >= 0.6 is 0 Å². The Morgan fingerprint density at radius 3 is 2.72 bits per heavy atom. The van der Waals surface area contributed by atoms with Crippen molar-refractivity contribution in [1.82, 2.24) is 15.3 Å². The number of aliphatic hydroxyl groups is 2. The van der Waals surface area contributed by atoms with Gasteiger partial charge in [0.25, 0.3) is 5.91 Å². The van der Waals surface area contributed by atoms with Crippen molar-refractivity contribution in [3.05, 3.63) is 29.6 Å². The first-order chi connectivity index (χ1) is 8.60. The van der Waals surface area contributed by atoms with Gasteiger partial charge in [-0.1, -0.05) is 6.07 Å². The predicted molar refractivity (Wildman–Crippen MR) is 63.2 cm³/mol. The topological polar surface area (TPSA) is 112 Å². The zero-order chi connectivity index (χ0) is 13.1. The van der Waals surface area contributed by atoms with Crippen LogP contribution in [-0.4, -0.2) is 51.3 Å². The molecule has 1 amide bonds. The van der Waals surface area contributed by atoms with E-state index in [1.165, 1.54) is 0 Å². The number of amides is 1. The van der Waals surface area contributed by atoms with Crippen LogP contribution in [0.5, 0.6) is 0 Å². The number of β-amino-alcohol motifs (C(OH)–C–C–N with tert-alkyl or cyclic N) is 2. The Kier molecular flexibility index (Phi) is 3.87. The number of nitrogen functional groups attached to an aromatic ring is 1. The zero-order valence-corrected chi connectivity index (χ0v) is 9.78. The summed E-state index contributed by atoms with van der Waals surface area (Å²) in [7, 11) is 0. The van der Waals surface area contributed by atoms with E-state index < -0.39 is 18.1 Å². The number of nitrogens with zero attached hydrogens (tertiary/aromatic N) is 2. The van der Waals surface area contributed by atoms with Gasteiger partial charge in [-0.05, 0) is 12.1 Å². The third kappa shape index (κ3) is 2.82. The van der Waals surface area contributed by atoms with Crippen LogP contribution in [0.25, 0.3) is 0 Å². The second-order valence-electron chi connectivity index (χ2n) is 4.32. The summed E-state index contributed by atoms with van der Waals surface area (Å²) in [6.07, 6.45) is -1.44. The third-order valence-corrected chi connectivity index (χ3v) is 2.89. The van der Waals surface area contributed by atoms with Crippen molar-refractivity contribution in [3.63, 3.8) is 0 Å². The van der Waals surface area contributed by atoms with E-state index in [1.54, 1.807) is 18.2 Å². The van der Waals surface area contributed by atoms with Gasteiger partial charge in [-0.2, -0.15) is 0 Å². The minimum absolute atomic E-state index is 0.246. The molecule has 0 aromatic carbocycles. The third-order valence-electron chi connectivity index (χ3n) is 2.89. The van der Waals surface area contributed by atoms with E-state index in [-0.39, 0.29) is 5.69 Å². The minimum Gasteiger partial charge on any atom is -0.389 e. The van der Waals surface area contributed by atoms with Crippen LogP contribution in [0.4, 0.5) is 0 Å². The molecule has 1 fully saturated rings. The molecule has 0 aliphatic carbocycles. The summed E-state index contributed by atoms with van der Waals surface area (Å²) in [5, 5.41) is 18.9. The van der Waals surface area contributed by atoms with Gasteiger partial charge in [0.2, 0.25) is 0 Å². The maximum atomic E-state index is 11.3. The molecule has 0 bridgehead atoms. The number of hydrazine groups is 1. The van der Waals surface area contributed by atoms with Crippen molar-refractivity contribution in [1.29, 1.82) is 0 Å². The molecule has 5 N–H and O–H groups in total. The SMILES string of the molecule is NNC(=O)c1cccc(CN2CC(O)C(O)C2)n1. The lowest BCUT2D eigenvalue weighted by molar-refractivity contribution is 0.0572. The van der Waals surface area contributed by atoms with E-state index in [4.69, 9.17) is 5.84 Å². The zero-order valence-electron chi connectivity index (χ0n) is 9.78. The molecule has 98 valence electrons. The van der Waals surface area contributed by atoms with Crippen LogP contribution in [-0.2, 0) is 6.54 Å². The van der Waals surface area contributed by atoms with E-state index in [0.29, 0.717) is 25.3 Å². The fraction of sp³-hybridized carbons (Fsp3) is 0.455. The Bertz CT molecular complexity index is 430. The van der Waals surface area contributed by atoms with Crippen molar-refractivity contribution in [2.45, 2.75) is 18.8 Å². The molecular weight excluding hydrogens is 236 g/mol. The lowest BCUT2D eigenvalue weighted by Crippen LogP contribution is -2.31. The summed E-state index contributed by atoms with van der Waals surface area (Å²) in [5.41, 5.74) is 2.96. The first-order valence-corrected chi connectivity index (χ1v) is 5.65. The summed E-state index contributed by atoms with van der Waals surface area (Å²) < 4.78 is 0. The van der Waals surface area contributed by atoms with E-state index in [1.807, 2.05) is 10.3 Å². The highest BCUT2D eigenvalue weighted by molar-refractivity contribution is 5.91. The smallest absolute Gasteiger partial charge is 0.283 e. The molecule has 0 saturated carbocycles. The van der Waals surface area contributed by atoms with Gasteiger partial charge < -0.3 is 10.2 Å². The van der Waals surface area contributed by atoms with Crippen molar-refractivity contribution in [3.8, 4) is 0 Å². The second-order valence-corrected chi connectivity index (χ2v) is 4.32. The number of hydrogen-bond donors (Lipinski definition) is 4. The summed E-state index contributed by atoms with van der Waals surface area (Å²) in [4.78, 5) is 17.4. The number of pyridine rings is 1. The van der Waals surface area contributed by atoms with E-state index in [2.05, 4.69) is 4.98 Å². The molecule has 1 aliphatic heterocycles. The van der Waals surface area contributed by atoms with E-state index >= 15 is 0 Å². The maximum Gasteiger partial charge on any atom is 0.283 e. The summed E-state index contributed by atoms with van der Waals surface area (Å²) in [6.45, 7) is 1.27. The van der Waals surface area contributed by atoms with Crippen LogP contribution in [0, 0.1) is 0 Å². The van der Waals surface area contributed by atoms with E-state index in [0.717, 1.165) is 0 Å². The first-order valence-electron chi connectivity index (χ1n) is 5.65. The molecule has 7 heteroatoms. The average molecular weight is 252 g/mol. The van der Waals surface area contributed by atoms with Gasteiger partial charge in [0.15, 0.2) is 0 Å². The normalized spacial score (nSPS) is 24.2. The lowest BCUT2D eigenvalue weighted by atomic mass is 10.3. The van der Waals surface area contributed by atoms with Crippen LogP contribution in [0.1, 0.15) is 16.2 Å². The number of nitrogens with two attached hydrogens (primary N) is 1. The number of aliphatic hydroxyl groups excluding tert-OH is 2. The van der Waals surface area contributed by atoms with Gasteiger partial charge in [-0.25, -0.2) is 10.8 Å². The summed E-state index contributed by atoms with van der Waals surface area (Å²) in [5.74, 6) is 4.59. The lowest BCUT2D eigenvalue weighted by Gasteiger charge is -2.14. The maximum absolute atomic E-state index is 11.3. The quantitative estimate of drug-likeness (QED) is 0.287. The number of likely N-dealkylation sites (tertiary alicyclic amines) is 1. The first kappa shape index (κ1) is 12.9.